The Hall–Kier alpha value is -4.46. The number of rotatable bonds is 10. The fraction of sp³-hybridized carbons (Fsp3) is 0.235. The van der Waals surface area contributed by atoms with Gasteiger partial charge < -0.3 is 25.2 Å². The third-order valence-electron chi connectivity index (χ3n) is 7.57. The summed E-state index contributed by atoms with van der Waals surface area (Å²) in [6.45, 7) is 2.87. The summed E-state index contributed by atoms with van der Waals surface area (Å²) in [6, 6.07) is 30.0. The van der Waals surface area contributed by atoms with E-state index in [1.54, 1.807) is 12.1 Å². The van der Waals surface area contributed by atoms with Gasteiger partial charge in [0.05, 0.1) is 23.4 Å². The zero-order valence-corrected chi connectivity index (χ0v) is 22.8. The van der Waals surface area contributed by atoms with E-state index in [1.165, 1.54) is 6.07 Å². The molecule has 0 aromatic heterocycles. The highest BCUT2D eigenvalue weighted by Crippen LogP contribution is 2.33. The molecule has 41 heavy (non-hydrogen) atoms. The van der Waals surface area contributed by atoms with Crippen LogP contribution in [-0.2, 0) is 6.61 Å². The molecule has 4 aromatic rings. The molecule has 4 aromatic carbocycles. The third kappa shape index (κ3) is 7.01. The van der Waals surface area contributed by atoms with Crippen LogP contribution in [0.5, 0.6) is 5.75 Å². The predicted octanol–water partition coefficient (Wildman–Crippen LogP) is 6.05. The maximum Gasteiger partial charge on any atom is 0.337 e. The van der Waals surface area contributed by atoms with Crippen molar-refractivity contribution in [1.82, 2.24) is 4.90 Å². The van der Waals surface area contributed by atoms with E-state index in [1.807, 2.05) is 78.9 Å². The number of aliphatic hydroxyl groups excluding tert-OH is 1. The molecular weight excluding hydrogens is 516 g/mol. The second-order valence-electron chi connectivity index (χ2n) is 10.3. The normalized spacial score (nSPS) is 14.0. The molecule has 210 valence electrons. The first kappa shape index (κ1) is 28.1. The lowest BCUT2D eigenvalue weighted by Crippen LogP contribution is -2.35. The monoisotopic (exact) mass is 550 g/mol. The lowest BCUT2D eigenvalue weighted by atomic mass is 9.88. The zero-order chi connectivity index (χ0) is 28.6. The smallest absolute Gasteiger partial charge is 0.337 e. The lowest BCUT2D eigenvalue weighted by Gasteiger charge is -2.32. The van der Waals surface area contributed by atoms with Crippen molar-refractivity contribution < 1.29 is 24.5 Å². The maximum absolute atomic E-state index is 13.8. The van der Waals surface area contributed by atoms with Crippen molar-refractivity contribution in [2.24, 2.45) is 0 Å². The van der Waals surface area contributed by atoms with Gasteiger partial charge in [-0.1, -0.05) is 72.8 Å². The molecule has 5 rings (SSSR count). The number of amides is 1. The Morgan fingerprint density at radius 3 is 2.22 bits per heavy atom. The Balaban J connectivity index is 1.45. The van der Waals surface area contributed by atoms with Gasteiger partial charge in [0, 0.05) is 6.54 Å². The van der Waals surface area contributed by atoms with Gasteiger partial charge in [0.15, 0.2) is 0 Å². The van der Waals surface area contributed by atoms with Gasteiger partial charge in [-0.05, 0) is 78.4 Å². The van der Waals surface area contributed by atoms with Gasteiger partial charge in [-0.15, -0.1) is 0 Å². The highest BCUT2D eigenvalue weighted by molar-refractivity contribution is 6.09. The first-order valence-electron chi connectivity index (χ1n) is 13.9. The Kier molecular flexibility index (Phi) is 9.08. The van der Waals surface area contributed by atoms with Crippen LogP contribution in [0, 0.1) is 0 Å². The molecule has 7 nitrogen and oxygen atoms in total. The largest absolute Gasteiger partial charge is 0.488 e. The molecular formula is C34H34N2O5. The molecule has 1 heterocycles. The van der Waals surface area contributed by atoms with Crippen LogP contribution in [0.1, 0.15) is 50.6 Å². The third-order valence-corrected chi connectivity index (χ3v) is 7.57. The van der Waals surface area contributed by atoms with Crippen LogP contribution in [0.3, 0.4) is 0 Å². The molecule has 0 unspecified atom stereocenters. The quantitative estimate of drug-likeness (QED) is 0.222. The predicted molar refractivity (Wildman–Crippen MR) is 160 cm³/mol. The van der Waals surface area contributed by atoms with E-state index >= 15 is 0 Å². The Morgan fingerprint density at radius 2 is 1.54 bits per heavy atom. The summed E-state index contributed by atoms with van der Waals surface area (Å²) in [5.74, 6) is -0.844. The van der Waals surface area contributed by atoms with Crippen molar-refractivity contribution in [1.29, 1.82) is 0 Å². The number of nitrogens with zero attached hydrogens (tertiary/aromatic N) is 1. The van der Waals surface area contributed by atoms with Gasteiger partial charge in [0.2, 0.25) is 0 Å². The van der Waals surface area contributed by atoms with E-state index in [0.29, 0.717) is 24.5 Å². The van der Waals surface area contributed by atoms with Crippen LogP contribution in [0.25, 0.3) is 11.1 Å². The zero-order valence-electron chi connectivity index (χ0n) is 22.8. The Bertz CT molecular complexity index is 1480. The fourth-order valence-electron chi connectivity index (χ4n) is 5.31. The van der Waals surface area contributed by atoms with Crippen LogP contribution >= 0.6 is 0 Å². The number of likely N-dealkylation sites (tertiary alicyclic amines) is 1. The number of anilines is 1. The van der Waals surface area contributed by atoms with Gasteiger partial charge in [-0.3, -0.25) is 4.79 Å². The molecule has 1 saturated heterocycles. The molecule has 0 radical (unpaired) electrons. The van der Waals surface area contributed by atoms with E-state index in [2.05, 4.69) is 10.2 Å². The molecule has 0 aliphatic carbocycles. The van der Waals surface area contributed by atoms with Crippen LogP contribution in [0.15, 0.2) is 97.1 Å². The average Bonchev–Trinajstić information content (AvgIpc) is 3.01. The minimum absolute atomic E-state index is 0.0113. The van der Waals surface area contributed by atoms with Gasteiger partial charge in [-0.2, -0.15) is 0 Å². The van der Waals surface area contributed by atoms with Crippen molar-refractivity contribution >= 4 is 17.6 Å². The first-order valence-corrected chi connectivity index (χ1v) is 13.9. The molecule has 3 N–H and O–H groups in total. The molecule has 0 spiro atoms. The number of carbonyl (C=O) groups is 2. The molecule has 7 heteroatoms. The SMILES string of the molecule is O=C(O)c1ccc(-c2ccccc2)cc1NC(=O)c1cc(C2CCN(CCO)CC2)ccc1OCc1ccccc1. The standard InChI is InChI=1S/C34H34N2O5/c37-20-19-36-17-15-26(16-18-36)27-12-14-32(41-23-24-7-3-1-4-8-24)30(21-27)33(38)35-31-22-28(11-13-29(31)34(39)40)25-9-5-2-6-10-25/h1-14,21-22,26,37H,15-20,23H2,(H,35,38)(H,39,40). The number of aromatic carboxylic acids is 1. The van der Waals surface area contributed by atoms with Gasteiger partial charge in [-0.25, -0.2) is 4.79 Å². The first-order chi connectivity index (χ1) is 20.0. The lowest BCUT2D eigenvalue weighted by molar-refractivity contribution is 0.0698. The van der Waals surface area contributed by atoms with Crippen molar-refractivity contribution in [3.8, 4) is 16.9 Å². The highest BCUT2D eigenvalue weighted by Gasteiger charge is 2.24. The number of β-amino-alcohol motifs (C(OH)–C–C–N with tert-alkyl or cyclic N) is 1. The second-order valence-corrected chi connectivity index (χ2v) is 10.3. The fourth-order valence-corrected chi connectivity index (χ4v) is 5.31. The number of carboxylic acid groups (broad SMARTS) is 1. The summed E-state index contributed by atoms with van der Waals surface area (Å²) in [6.07, 6.45) is 1.85. The van der Waals surface area contributed by atoms with Crippen LogP contribution in [-0.4, -0.2) is 53.2 Å². The van der Waals surface area contributed by atoms with Gasteiger partial charge >= 0.3 is 5.97 Å². The highest BCUT2D eigenvalue weighted by atomic mass is 16.5. The van der Waals surface area contributed by atoms with Gasteiger partial charge in [0.1, 0.15) is 12.4 Å². The molecule has 0 saturated carbocycles. The molecule has 1 aliphatic heterocycles. The van der Waals surface area contributed by atoms with Gasteiger partial charge in [0.25, 0.3) is 5.91 Å². The number of carboxylic acids is 1. The number of nitrogens with one attached hydrogen (secondary N) is 1. The van der Waals surface area contributed by atoms with E-state index in [-0.39, 0.29) is 23.8 Å². The van der Waals surface area contributed by atoms with Crippen LogP contribution < -0.4 is 10.1 Å². The number of ether oxygens (including phenoxy) is 1. The Labute approximate surface area is 240 Å². The number of hydrogen-bond acceptors (Lipinski definition) is 5. The summed E-state index contributed by atoms with van der Waals surface area (Å²) >= 11 is 0. The van der Waals surface area contributed by atoms with Crippen molar-refractivity contribution in [2.75, 3.05) is 31.6 Å². The Morgan fingerprint density at radius 1 is 0.829 bits per heavy atom. The van der Waals surface area contributed by atoms with Crippen molar-refractivity contribution in [2.45, 2.75) is 25.4 Å². The minimum atomic E-state index is -1.12. The number of aliphatic hydroxyl groups is 1. The molecule has 1 amide bonds. The summed E-state index contributed by atoms with van der Waals surface area (Å²) < 4.78 is 6.13. The molecule has 1 aliphatic rings. The summed E-state index contributed by atoms with van der Waals surface area (Å²) in [4.78, 5) is 28.1. The van der Waals surface area contributed by atoms with E-state index in [9.17, 15) is 19.8 Å². The van der Waals surface area contributed by atoms with Crippen molar-refractivity contribution in [3.05, 3.63) is 119 Å². The summed E-state index contributed by atoms with van der Waals surface area (Å²) in [5, 5.41) is 22.0. The van der Waals surface area contributed by atoms with E-state index in [0.717, 1.165) is 48.2 Å². The number of piperidine rings is 1. The topological polar surface area (TPSA) is 99.1 Å². The van der Waals surface area contributed by atoms with E-state index < -0.39 is 11.9 Å². The molecule has 1 fully saturated rings. The van der Waals surface area contributed by atoms with Crippen molar-refractivity contribution in [3.63, 3.8) is 0 Å². The maximum atomic E-state index is 13.8. The number of benzene rings is 4. The summed E-state index contributed by atoms with van der Waals surface area (Å²) in [7, 11) is 0. The second kappa shape index (κ2) is 13.3. The van der Waals surface area contributed by atoms with Crippen LogP contribution in [0.2, 0.25) is 0 Å². The van der Waals surface area contributed by atoms with Crippen LogP contribution in [0.4, 0.5) is 5.69 Å². The molecule has 0 bridgehead atoms. The van der Waals surface area contributed by atoms with E-state index in [4.69, 9.17) is 4.74 Å². The number of carbonyl (C=O) groups excluding carboxylic acids is 1. The average molecular weight is 551 g/mol. The molecule has 0 atom stereocenters. The summed E-state index contributed by atoms with van der Waals surface area (Å²) in [5.41, 5.74) is 4.33. The minimum Gasteiger partial charge on any atom is -0.488 e. The number of hydrogen-bond donors (Lipinski definition) is 3.